The zero-order valence-corrected chi connectivity index (χ0v) is 13.2. The molecule has 0 aromatic heterocycles. The van der Waals surface area contributed by atoms with E-state index in [4.69, 9.17) is 0 Å². The van der Waals surface area contributed by atoms with Crippen LogP contribution in [0.4, 0.5) is 5.69 Å². The van der Waals surface area contributed by atoms with Crippen molar-refractivity contribution < 1.29 is 4.79 Å². The van der Waals surface area contributed by atoms with Crippen molar-refractivity contribution in [2.24, 2.45) is 16.1 Å². The third kappa shape index (κ3) is 4.05. The van der Waals surface area contributed by atoms with Gasteiger partial charge in [0.15, 0.2) is 0 Å². The van der Waals surface area contributed by atoms with Crippen molar-refractivity contribution >= 4 is 11.6 Å². The number of nitrogens with one attached hydrogen (secondary N) is 1. The minimum absolute atomic E-state index is 0.384. The van der Waals surface area contributed by atoms with Crippen molar-refractivity contribution in [1.29, 1.82) is 5.26 Å². The van der Waals surface area contributed by atoms with E-state index in [0.29, 0.717) is 18.2 Å². The van der Waals surface area contributed by atoms with E-state index in [0.717, 1.165) is 24.0 Å². The first-order valence-corrected chi connectivity index (χ1v) is 8.00. The summed E-state index contributed by atoms with van der Waals surface area (Å²) in [5, 5.41) is 20.0. The average molecular weight is 318 g/mol. The van der Waals surface area contributed by atoms with Crippen molar-refractivity contribution in [2.45, 2.75) is 18.9 Å². The van der Waals surface area contributed by atoms with E-state index in [1.807, 2.05) is 60.7 Å². The second kappa shape index (κ2) is 7.51. The van der Waals surface area contributed by atoms with Gasteiger partial charge in [-0.05, 0) is 30.4 Å². The van der Waals surface area contributed by atoms with Gasteiger partial charge in [-0.2, -0.15) is 15.5 Å². The first-order chi connectivity index (χ1) is 11.8. The minimum Gasteiger partial charge on any atom is -0.353 e. The van der Waals surface area contributed by atoms with Crippen molar-refractivity contribution in [1.82, 2.24) is 5.32 Å². The normalized spacial score (nSPS) is 15.0. The molecule has 5 heteroatoms. The van der Waals surface area contributed by atoms with Gasteiger partial charge in [-0.15, -0.1) is 0 Å². The van der Waals surface area contributed by atoms with Gasteiger partial charge in [0.05, 0.1) is 5.69 Å². The zero-order chi connectivity index (χ0) is 16.8. The molecule has 1 unspecified atom stereocenters. The van der Waals surface area contributed by atoms with Crippen LogP contribution in [0.1, 0.15) is 12.8 Å². The lowest BCUT2D eigenvalue weighted by Crippen LogP contribution is -2.33. The van der Waals surface area contributed by atoms with E-state index in [-0.39, 0.29) is 5.91 Å². The molecule has 1 aliphatic carbocycles. The number of hydrogen-bond donors (Lipinski definition) is 1. The first kappa shape index (κ1) is 15.9. The lowest BCUT2D eigenvalue weighted by Gasteiger charge is -2.07. The van der Waals surface area contributed by atoms with Crippen molar-refractivity contribution in [3.8, 4) is 17.2 Å². The summed E-state index contributed by atoms with van der Waals surface area (Å²) < 4.78 is 0. The fourth-order valence-corrected chi connectivity index (χ4v) is 2.34. The number of rotatable bonds is 6. The fraction of sp³-hybridized carbons (Fsp3) is 0.263. The van der Waals surface area contributed by atoms with Gasteiger partial charge in [-0.25, -0.2) is 0 Å². The van der Waals surface area contributed by atoms with Crippen molar-refractivity contribution in [3.63, 3.8) is 0 Å². The first-order valence-electron chi connectivity index (χ1n) is 8.00. The highest BCUT2D eigenvalue weighted by Crippen LogP contribution is 2.30. The van der Waals surface area contributed by atoms with Crippen LogP contribution in [0.25, 0.3) is 11.1 Å². The molecule has 1 amide bonds. The molecule has 0 radical (unpaired) electrons. The zero-order valence-electron chi connectivity index (χ0n) is 13.2. The van der Waals surface area contributed by atoms with Gasteiger partial charge in [0.25, 0.3) is 5.91 Å². The molecule has 2 aromatic carbocycles. The summed E-state index contributed by atoms with van der Waals surface area (Å²) in [6.07, 6.45) is 2.28. The van der Waals surface area contributed by atoms with Gasteiger partial charge in [-0.1, -0.05) is 48.5 Å². The standard InChI is InChI=1S/C19H18N4O/c20-12-18(19(24)21-13-14-10-11-14)23-22-17-9-5-4-8-16(17)15-6-2-1-3-7-15/h1-9,14,18H,10-11,13H2,(H,21,24). The SMILES string of the molecule is N#CC(N=Nc1ccccc1-c1ccccc1)C(=O)NCC1CC1. The number of nitriles is 1. The van der Waals surface area contributed by atoms with Crippen LogP contribution in [-0.2, 0) is 4.79 Å². The van der Waals surface area contributed by atoms with Crippen LogP contribution in [0.5, 0.6) is 0 Å². The summed E-state index contributed by atoms with van der Waals surface area (Å²) in [6.45, 7) is 0.618. The molecule has 1 aliphatic rings. The predicted molar refractivity (Wildman–Crippen MR) is 91.5 cm³/mol. The molecule has 0 saturated heterocycles. The summed E-state index contributed by atoms with van der Waals surface area (Å²) in [4.78, 5) is 12.0. The highest BCUT2D eigenvalue weighted by atomic mass is 16.2. The third-order valence-electron chi connectivity index (χ3n) is 3.90. The van der Waals surface area contributed by atoms with Crippen molar-refractivity contribution in [3.05, 3.63) is 54.6 Å². The second-order valence-corrected chi connectivity index (χ2v) is 5.82. The molecule has 0 heterocycles. The van der Waals surface area contributed by atoms with E-state index in [9.17, 15) is 10.1 Å². The van der Waals surface area contributed by atoms with E-state index in [1.165, 1.54) is 0 Å². The Labute approximate surface area is 141 Å². The molecule has 1 saturated carbocycles. The molecule has 1 atom stereocenters. The second-order valence-electron chi connectivity index (χ2n) is 5.82. The van der Waals surface area contributed by atoms with E-state index in [1.54, 1.807) is 0 Å². The Morgan fingerprint density at radius 1 is 1.17 bits per heavy atom. The van der Waals surface area contributed by atoms with Gasteiger partial charge in [0, 0.05) is 12.1 Å². The number of amides is 1. The molecule has 1 fully saturated rings. The predicted octanol–water partition coefficient (Wildman–Crippen LogP) is 3.86. The van der Waals surface area contributed by atoms with Crippen LogP contribution in [0.3, 0.4) is 0 Å². The molecule has 0 bridgehead atoms. The van der Waals surface area contributed by atoms with E-state index in [2.05, 4.69) is 15.5 Å². The average Bonchev–Trinajstić information content (AvgIpc) is 3.46. The third-order valence-corrected chi connectivity index (χ3v) is 3.90. The maximum Gasteiger partial charge on any atom is 0.261 e. The quantitative estimate of drug-likeness (QED) is 0.821. The molecule has 24 heavy (non-hydrogen) atoms. The maximum atomic E-state index is 12.0. The number of carbonyl (C=O) groups excluding carboxylic acids is 1. The van der Waals surface area contributed by atoms with Gasteiger partial charge in [0.1, 0.15) is 6.07 Å². The summed E-state index contributed by atoms with van der Waals surface area (Å²) >= 11 is 0. The Kier molecular flexibility index (Phi) is 4.97. The topological polar surface area (TPSA) is 77.6 Å². The monoisotopic (exact) mass is 318 g/mol. The number of carbonyl (C=O) groups is 1. The van der Waals surface area contributed by atoms with E-state index >= 15 is 0 Å². The molecule has 5 nitrogen and oxygen atoms in total. The van der Waals surface area contributed by atoms with Crippen LogP contribution in [0.2, 0.25) is 0 Å². The van der Waals surface area contributed by atoms with Crippen molar-refractivity contribution in [2.75, 3.05) is 6.54 Å². The Morgan fingerprint density at radius 3 is 2.58 bits per heavy atom. The molecule has 120 valence electrons. The number of nitrogens with zero attached hydrogens (tertiary/aromatic N) is 3. The Hall–Kier alpha value is -3.00. The summed E-state index contributed by atoms with van der Waals surface area (Å²) in [5.74, 6) is 0.175. The van der Waals surface area contributed by atoms with Crippen LogP contribution < -0.4 is 5.32 Å². The molecular weight excluding hydrogens is 300 g/mol. The molecule has 0 spiro atoms. The number of azo groups is 1. The smallest absolute Gasteiger partial charge is 0.261 e. The van der Waals surface area contributed by atoms with Crippen LogP contribution in [0.15, 0.2) is 64.8 Å². The molecule has 3 rings (SSSR count). The van der Waals surface area contributed by atoms with Crippen LogP contribution >= 0.6 is 0 Å². The minimum atomic E-state index is -1.12. The Balaban J connectivity index is 1.75. The van der Waals surface area contributed by atoms with Gasteiger partial charge >= 0.3 is 0 Å². The molecule has 0 aliphatic heterocycles. The van der Waals surface area contributed by atoms with Crippen LogP contribution in [-0.4, -0.2) is 18.5 Å². The summed E-state index contributed by atoms with van der Waals surface area (Å²) in [5.41, 5.74) is 2.56. The number of hydrogen-bond acceptors (Lipinski definition) is 4. The van der Waals surface area contributed by atoms with Gasteiger partial charge in [-0.3, -0.25) is 4.79 Å². The molecule has 2 aromatic rings. The van der Waals surface area contributed by atoms with Gasteiger partial charge in [0.2, 0.25) is 6.04 Å². The van der Waals surface area contributed by atoms with Crippen LogP contribution in [0, 0.1) is 17.2 Å². The summed E-state index contributed by atoms with van der Waals surface area (Å²) in [7, 11) is 0. The highest BCUT2D eigenvalue weighted by molar-refractivity contribution is 5.84. The highest BCUT2D eigenvalue weighted by Gasteiger charge is 2.24. The largest absolute Gasteiger partial charge is 0.353 e. The fourth-order valence-electron chi connectivity index (χ4n) is 2.34. The number of benzene rings is 2. The Morgan fingerprint density at radius 2 is 1.88 bits per heavy atom. The molecule has 1 N–H and O–H groups in total. The maximum absolute atomic E-state index is 12.0. The lowest BCUT2D eigenvalue weighted by molar-refractivity contribution is -0.121. The lowest BCUT2D eigenvalue weighted by atomic mass is 10.0. The van der Waals surface area contributed by atoms with E-state index < -0.39 is 6.04 Å². The summed E-state index contributed by atoms with van der Waals surface area (Å²) in [6, 6.07) is 18.1. The van der Waals surface area contributed by atoms with Gasteiger partial charge < -0.3 is 5.32 Å². The molecular formula is C19H18N4O. The Bertz CT molecular complexity index is 775.